The molecule has 0 aliphatic rings. The monoisotopic (exact) mass is 436 g/mol. The molecule has 0 aliphatic carbocycles. The molecule has 0 heterocycles. The third kappa shape index (κ3) is 4.39. The summed E-state index contributed by atoms with van der Waals surface area (Å²) in [5, 5.41) is 0. The molecule has 0 radical (unpaired) electrons. The van der Waals surface area contributed by atoms with Gasteiger partial charge in [-0.05, 0) is 11.5 Å². The van der Waals surface area contributed by atoms with Crippen LogP contribution in [0.3, 0.4) is 0 Å². The fourth-order valence-electron chi connectivity index (χ4n) is 2.22. The van der Waals surface area contributed by atoms with Gasteiger partial charge in [0.05, 0.1) is 9.65 Å². The zero-order chi connectivity index (χ0) is 17.0. The maximum absolute atomic E-state index is 12.6. The molecule has 0 saturated carbocycles. The summed E-state index contributed by atoms with van der Waals surface area (Å²) < 4.78 is 0. The number of alkyl halides is 2. The lowest BCUT2D eigenvalue weighted by Gasteiger charge is -2.15. The van der Waals surface area contributed by atoms with E-state index < -0.39 is 9.65 Å². The number of rotatable bonds is 6. The molecule has 0 N–H and O–H groups in total. The van der Waals surface area contributed by atoms with Crippen molar-refractivity contribution >= 4 is 43.4 Å². The topological polar surface area (TPSA) is 34.1 Å². The summed E-state index contributed by atoms with van der Waals surface area (Å²) in [6, 6.07) is 16.5. The average molecular weight is 438 g/mol. The summed E-state index contributed by atoms with van der Waals surface area (Å²) in [7, 11) is 0. The number of Topliss-reactive ketones (excluding diaryl/α,β-unsaturated/α-hetero) is 2. The first-order chi connectivity index (χ1) is 10.9. The Bertz CT molecular complexity index is 678. The average Bonchev–Trinajstić information content (AvgIpc) is 2.60. The van der Waals surface area contributed by atoms with E-state index in [0.717, 1.165) is 0 Å². The molecular weight excluding hydrogens is 420 g/mol. The zero-order valence-electron chi connectivity index (χ0n) is 13.0. The highest BCUT2D eigenvalue weighted by molar-refractivity contribution is 9.12. The molecule has 2 aromatic carbocycles. The molecule has 0 aromatic heterocycles. The predicted octanol–water partition coefficient (Wildman–Crippen LogP) is 5.40. The first-order valence-electron chi connectivity index (χ1n) is 7.43. The second-order valence-corrected chi connectivity index (χ2v) is 7.65. The minimum Gasteiger partial charge on any atom is -0.293 e. The fourth-order valence-corrected chi connectivity index (χ4v) is 3.23. The number of halogens is 2. The summed E-state index contributed by atoms with van der Waals surface area (Å²) in [5.74, 6) is 0.202. The third-order valence-corrected chi connectivity index (χ3v) is 6.28. The molecular formula is C19H18Br2O2. The van der Waals surface area contributed by atoms with Crippen molar-refractivity contribution in [3.05, 3.63) is 71.3 Å². The standard InChI is InChI=1S/C19H18Br2O2/c1-12(2)13-8-10-15(11-9-13)19(23)17(21)16(20)18(22)14-6-4-3-5-7-14/h3-12,16-17H,1-2H3. The fraction of sp³-hybridized carbons (Fsp3) is 0.263. The van der Waals surface area contributed by atoms with Crippen LogP contribution in [0, 0.1) is 0 Å². The minimum atomic E-state index is -0.611. The molecule has 2 rings (SSSR count). The van der Waals surface area contributed by atoms with Crippen molar-refractivity contribution in [2.75, 3.05) is 0 Å². The third-order valence-electron chi connectivity index (χ3n) is 3.68. The van der Waals surface area contributed by atoms with E-state index >= 15 is 0 Å². The molecule has 0 saturated heterocycles. The smallest absolute Gasteiger partial charge is 0.178 e. The lowest BCUT2D eigenvalue weighted by atomic mass is 9.98. The van der Waals surface area contributed by atoms with Crippen molar-refractivity contribution in [2.45, 2.75) is 29.4 Å². The lowest BCUT2D eigenvalue weighted by molar-refractivity contribution is 0.0934. The Hall–Kier alpha value is -1.26. The molecule has 2 atom stereocenters. The molecule has 0 amide bonds. The van der Waals surface area contributed by atoms with Crippen molar-refractivity contribution in [1.29, 1.82) is 0 Å². The second-order valence-electron chi connectivity index (χ2n) is 5.67. The van der Waals surface area contributed by atoms with Gasteiger partial charge in [0.1, 0.15) is 0 Å². The number of hydrogen-bond donors (Lipinski definition) is 0. The van der Waals surface area contributed by atoms with Crippen LogP contribution in [0.2, 0.25) is 0 Å². The van der Waals surface area contributed by atoms with Crippen molar-refractivity contribution in [3.63, 3.8) is 0 Å². The summed E-state index contributed by atoms with van der Waals surface area (Å²) in [4.78, 5) is 23.8. The Balaban J connectivity index is 2.14. The van der Waals surface area contributed by atoms with E-state index in [9.17, 15) is 9.59 Å². The Morgan fingerprint density at radius 2 is 1.17 bits per heavy atom. The number of carbonyl (C=O) groups excluding carboxylic acids is 2. The molecule has 2 nitrogen and oxygen atoms in total. The Morgan fingerprint density at radius 3 is 1.61 bits per heavy atom. The first-order valence-corrected chi connectivity index (χ1v) is 9.26. The van der Waals surface area contributed by atoms with Crippen molar-refractivity contribution < 1.29 is 9.59 Å². The van der Waals surface area contributed by atoms with Crippen molar-refractivity contribution in [1.82, 2.24) is 0 Å². The van der Waals surface area contributed by atoms with Crippen molar-refractivity contribution in [2.24, 2.45) is 0 Å². The molecule has 0 fully saturated rings. The molecule has 23 heavy (non-hydrogen) atoms. The SMILES string of the molecule is CC(C)c1ccc(C(=O)C(Br)C(Br)C(=O)c2ccccc2)cc1. The zero-order valence-corrected chi connectivity index (χ0v) is 16.2. The highest BCUT2D eigenvalue weighted by Crippen LogP contribution is 2.24. The van der Waals surface area contributed by atoms with Crippen LogP contribution in [0.5, 0.6) is 0 Å². The van der Waals surface area contributed by atoms with Crippen LogP contribution in [-0.4, -0.2) is 21.2 Å². The first kappa shape index (κ1) is 18.1. The quantitative estimate of drug-likeness (QED) is 0.447. The number of ketones is 2. The van der Waals surface area contributed by atoms with Crippen LogP contribution >= 0.6 is 31.9 Å². The van der Waals surface area contributed by atoms with Gasteiger partial charge in [0.15, 0.2) is 11.6 Å². The Kier molecular flexibility index (Phi) is 6.31. The predicted molar refractivity (Wildman–Crippen MR) is 101 cm³/mol. The van der Waals surface area contributed by atoms with Crippen LogP contribution in [-0.2, 0) is 0 Å². The highest BCUT2D eigenvalue weighted by atomic mass is 79.9. The minimum absolute atomic E-state index is 0.105. The summed E-state index contributed by atoms with van der Waals surface area (Å²) in [6.07, 6.45) is 0. The largest absolute Gasteiger partial charge is 0.293 e. The van der Waals surface area contributed by atoms with Gasteiger partial charge in [-0.25, -0.2) is 0 Å². The molecule has 0 bridgehead atoms. The molecule has 4 heteroatoms. The van der Waals surface area contributed by atoms with Gasteiger partial charge in [-0.3, -0.25) is 9.59 Å². The van der Waals surface area contributed by atoms with Gasteiger partial charge in [-0.15, -0.1) is 0 Å². The van der Waals surface area contributed by atoms with Gasteiger partial charge in [0.25, 0.3) is 0 Å². The van der Waals surface area contributed by atoms with Crippen LogP contribution < -0.4 is 0 Å². The van der Waals surface area contributed by atoms with Crippen LogP contribution in [0.15, 0.2) is 54.6 Å². The molecule has 120 valence electrons. The van der Waals surface area contributed by atoms with E-state index in [2.05, 4.69) is 45.7 Å². The van der Waals surface area contributed by atoms with Gasteiger partial charge >= 0.3 is 0 Å². The highest BCUT2D eigenvalue weighted by Gasteiger charge is 2.30. The van der Waals surface area contributed by atoms with E-state index in [0.29, 0.717) is 17.0 Å². The van der Waals surface area contributed by atoms with Gasteiger partial charge in [0.2, 0.25) is 0 Å². The number of benzene rings is 2. The normalized spacial score (nSPS) is 13.6. The van der Waals surface area contributed by atoms with Crippen molar-refractivity contribution in [3.8, 4) is 0 Å². The van der Waals surface area contributed by atoms with Crippen LogP contribution in [0.25, 0.3) is 0 Å². The molecule has 2 unspecified atom stereocenters. The molecule has 2 aromatic rings. The number of carbonyl (C=O) groups is 2. The maximum atomic E-state index is 12.6. The van der Waals surface area contributed by atoms with E-state index in [-0.39, 0.29) is 11.6 Å². The molecule has 0 aliphatic heterocycles. The van der Waals surface area contributed by atoms with E-state index in [1.807, 2.05) is 42.5 Å². The van der Waals surface area contributed by atoms with E-state index in [1.54, 1.807) is 12.1 Å². The van der Waals surface area contributed by atoms with E-state index in [1.165, 1.54) is 5.56 Å². The Labute approximate surface area is 153 Å². The van der Waals surface area contributed by atoms with Gasteiger partial charge in [0, 0.05) is 11.1 Å². The van der Waals surface area contributed by atoms with Gasteiger partial charge < -0.3 is 0 Å². The van der Waals surface area contributed by atoms with Gasteiger partial charge in [-0.1, -0.05) is 100 Å². The summed E-state index contributed by atoms with van der Waals surface area (Å²) in [6.45, 7) is 4.22. The van der Waals surface area contributed by atoms with Crippen LogP contribution in [0.4, 0.5) is 0 Å². The Morgan fingerprint density at radius 1 is 0.739 bits per heavy atom. The second kappa shape index (κ2) is 8.02. The van der Waals surface area contributed by atoms with Gasteiger partial charge in [-0.2, -0.15) is 0 Å². The summed E-state index contributed by atoms with van der Waals surface area (Å²) >= 11 is 6.74. The maximum Gasteiger partial charge on any atom is 0.178 e. The lowest BCUT2D eigenvalue weighted by Crippen LogP contribution is -2.31. The number of hydrogen-bond acceptors (Lipinski definition) is 2. The summed E-state index contributed by atoms with van der Waals surface area (Å²) in [5.41, 5.74) is 2.37. The molecule has 0 spiro atoms. The van der Waals surface area contributed by atoms with Crippen LogP contribution in [0.1, 0.15) is 46.0 Å². The van der Waals surface area contributed by atoms with E-state index in [4.69, 9.17) is 0 Å².